The van der Waals surface area contributed by atoms with Crippen molar-refractivity contribution in [3.8, 4) is 0 Å². The Kier molecular flexibility index (Phi) is 9.53. The van der Waals surface area contributed by atoms with Crippen LogP contribution in [0.25, 0.3) is 11.0 Å². The van der Waals surface area contributed by atoms with Crippen molar-refractivity contribution >= 4 is 46.9 Å². The summed E-state index contributed by atoms with van der Waals surface area (Å²) in [5, 5.41) is 6.69. The van der Waals surface area contributed by atoms with Gasteiger partial charge in [0, 0.05) is 51.5 Å². The van der Waals surface area contributed by atoms with Gasteiger partial charge in [-0.3, -0.25) is 9.79 Å². The molecule has 2 heterocycles. The van der Waals surface area contributed by atoms with Gasteiger partial charge >= 0.3 is 0 Å². The van der Waals surface area contributed by atoms with Crippen LogP contribution < -0.4 is 10.6 Å². The summed E-state index contributed by atoms with van der Waals surface area (Å²) in [6.07, 6.45) is 2.26. The molecule has 4 rings (SSSR count). The zero-order valence-corrected chi connectivity index (χ0v) is 21.4. The molecule has 3 aromatic rings. The van der Waals surface area contributed by atoms with Gasteiger partial charge < -0.3 is 20.5 Å². The number of guanidine groups is 1. The highest BCUT2D eigenvalue weighted by Gasteiger charge is 2.29. The SMILES string of the molecule is CCNC(=NCC1CC(=O)N(CCc2ccccc2)C1)NCCc1nc2ccccc2[nH]1.I. The smallest absolute Gasteiger partial charge is 0.223 e. The lowest BCUT2D eigenvalue weighted by atomic mass is 10.1. The maximum absolute atomic E-state index is 12.4. The van der Waals surface area contributed by atoms with Crippen LogP contribution in [0.4, 0.5) is 0 Å². The van der Waals surface area contributed by atoms with E-state index in [-0.39, 0.29) is 35.8 Å². The Hall–Kier alpha value is -2.62. The number of aromatic amines is 1. The molecule has 0 bridgehead atoms. The van der Waals surface area contributed by atoms with Crippen molar-refractivity contribution < 1.29 is 4.79 Å². The lowest BCUT2D eigenvalue weighted by Crippen LogP contribution is -2.38. The third-order valence-electron chi connectivity index (χ3n) is 5.75. The molecule has 1 amide bonds. The van der Waals surface area contributed by atoms with E-state index in [4.69, 9.17) is 4.99 Å². The largest absolute Gasteiger partial charge is 0.357 e. The topological polar surface area (TPSA) is 85.4 Å². The highest BCUT2D eigenvalue weighted by atomic mass is 127. The third kappa shape index (κ3) is 7.18. The van der Waals surface area contributed by atoms with E-state index < -0.39 is 0 Å². The van der Waals surface area contributed by atoms with E-state index >= 15 is 0 Å². The second kappa shape index (κ2) is 12.6. The number of para-hydroxylation sites is 2. The minimum absolute atomic E-state index is 0. The summed E-state index contributed by atoms with van der Waals surface area (Å²) in [6, 6.07) is 18.4. The molecule has 0 aliphatic carbocycles. The van der Waals surface area contributed by atoms with Crippen LogP contribution in [0.5, 0.6) is 0 Å². The van der Waals surface area contributed by atoms with Crippen molar-refractivity contribution in [2.45, 2.75) is 26.2 Å². The third-order valence-corrected chi connectivity index (χ3v) is 5.75. The quantitative estimate of drug-likeness (QED) is 0.213. The molecule has 1 saturated heterocycles. The summed E-state index contributed by atoms with van der Waals surface area (Å²) in [5.41, 5.74) is 3.32. The number of carbonyl (C=O) groups excluding carboxylic acids is 1. The Bertz CT molecular complexity index is 1020. The number of fused-ring (bicyclic) bond motifs is 1. The molecule has 33 heavy (non-hydrogen) atoms. The number of hydrogen-bond acceptors (Lipinski definition) is 3. The second-order valence-corrected chi connectivity index (χ2v) is 8.24. The average molecular weight is 560 g/mol. The van der Waals surface area contributed by atoms with Gasteiger partial charge in [-0.05, 0) is 31.0 Å². The first-order valence-electron chi connectivity index (χ1n) is 11.5. The standard InChI is InChI=1S/C25H32N6O.HI/c1-2-26-25(27-14-12-23-29-21-10-6-7-11-22(21)30-23)28-17-20-16-24(32)31(18-20)15-13-19-8-4-3-5-9-19;/h3-11,20H,2,12-18H2,1H3,(H,29,30)(H2,26,27,28);1H. The predicted octanol–water partition coefficient (Wildman–Crippen LogP) is 3.37. The molecule has 1 atom stereocenters. The molecule has 1 unspecified atom stereocenters. The molecule has 0 spiro atoms. The van der Waals surface area contributed by atoms with Gasteiger partial charge in [-0.15, -0.1) is 24.0 Å². The van der Waals surface area contributed by atoms with Gasteiger partial charge in [0.25, 0.3) is 0 Å². The van der Waals surface area contributed by atoms with Gasteiger partial charge in [0.2, 0.25) is 5.91 Å². The zero-order chi connectivity index (χ0) is 22.2. The monoisotopic (exact) mass is 560 g/mol. The Balaban J connectivity index is 0.00000306. The highest BCUT2D eigenvalue weighted by Crippen LogP contribution is 2.18. The summed E-state index contributed by atoms with van der Waals surface area (Å²) in [7, 11) is 0. The Morgan fingerprint density at radius 3 is 2.70 bits per heavy atom. The first-order valence-corrected chi connectivity index (χ1v) is 11.5. The molecule has 0 radical (unpaired) electrons. The molecule has 1 fully saturated rings. The molecule has 1 aromatic heterocycles. The fourth-order valence-electron chi connectivity index (χ4n) is 4.09. The highest BCUT2D eigenvalue weighted by molar-refractivity contribution is 14.0. The van der Waals surface area contributed by atoms with E-state index in [9.17, 15) is 4.79 Å². The Morgan fingerprint density at radius 1 is 1.12 bits per heavy atom. The normalized spacial score (nSPS) is 16.2. The van der Waals surface area contributed by atoms with E-state index in [1.165, 1.54) is 5.56 Å². The van der Waals surface area contributed by atoms with E-state index in [1.807, 2.05) is 47.4 Å². The minimum Gasteiger partial charge on any atom is -0.357 e. The van der Waals surface area contributed by atoms with Crippen molar-refractivity contribution in [1.82, 2.24) is 25.5 Å². The van der Waals surface area contributed by atoms with Gasteiger partial charge in [-0.1, -0.05) is 42.5 Å². The second-order valence-electron chi connectivity index (χ2n) is 8.24. The number of H-pyrrole nitrogens is 1. The molecular weight excluding hydrogens is 527 g/mol. The number of halogens is 1. The first-order chi connectivity index (χ1) is 15.7. The van der Waals surface area contributed by atoms with Crippen molar-refractivity contribution in [1.29, 1.82) is 0 Å². The number of hydrogen-bond donors (Lipinski definition) is 3. The molecule has 1 aliphatic rings. The number of imidazole rings is 1. The molecular formula is C25H33IN6O. The molecule has 176 valence electrons. The van der Waals surface area contributed by atoms with Gasteiger partial charge in [-0.2, -0.15) is 0 Å². The van der Waals surface area contributed by atoms with Crippen LogP contribution in [0.2, 0.25) is 0 Å². The Labute approximate surface area is 212 Å². The van der Waals surface area contributed by atoms with Crippen LogP contribution in [0.1, 0.15) is 24.7 Å². The summed E-state index contributed by atoms with van der Waals surface area (Å²) in [5.74, 6) is 2.26. The van der Waals surface area contributed by atoms with E-state index in [0.717, 1.165) is 61.8 Å². The van der Waals surface area contributed by atoms with Crippen LogP contribution in [-0.4, -0.2) is 59.5 Å². The van der Waals surface area contributed by atoms with E-state index in [2.05, 4.69) is 39.7 Å². The number of amides is 1. The number of rotatable bonds is 9. The van der Waals surface area contributed by atoms with Crippen LogP contribution in [-0.2, 0) is 17.6 Å². The van der Waals surface area contributed by atoms with Crippen LogP contribution in [0.15, 0.2) is 59.6 Å². The molecule has 8 heteroatoms. The summed E-state index contributed by atoms with van der Waals surface area (Å²) in [6.45, 7) is 5.79. The summed E-state index contributed by atoms with van der Waals surface area (Å²) < 4.78 is 0. The number of nitrogens with one attached hydrogen (secondary N) is 3. The average Bonchev–Trinajstić information content (AvgIpc) is 3.39. The maximum atomic E-state index is 12.4. The summed E-state index contributed by atoms with van der Waals surface area (Å²) in [4.78, 5) is 27.1. The molecule has 2 aromatic carbocycles. The van der Waals surface area contributed by atoms with Gasteiger partial charge in [0.1, 0.15) is 5.82 Å². The number of aliphatic imine (C=N–C) groups is 1. The molecule has 1 aliphatic heterocycles. The predicted molar refractivity (Wildman–Crippen MR) is 144 cm³/mol. The number of carbonyl (C=O) groups is 1. The fraction of sp³-hybridized carbons (Fsp3) is 0.400. The van der Waals surface area contributed by atoms with Gasteiger partial charge in [-0.25, -0.2) is 4.98 Å². The Morgan fingerprint density at radius 2 is 1.91 bits per heavy atom. The lowest BCUT2D eigenvalue weighted by Gasteiger charge is -2.16. The zero-order valence-electron chi connectivity index (χ0n) is 19.1. The summed E-state index contributed by atoms with van der Waals surface area (Å²) >= 11 is 0. The number of nitrogens with zero attached hydrogens (tertiary/aromatic N) is 3. The fourth-order valence-corrected chi connectivity index (χ4v) is 4.09. The van der Waals surface area contributed by atoms with E-state index in [0.29, 0.717) is 13.0 Å². The molecule has 3 N–H and O–H groups in total. The van der Waals surface area contributed by atoms with Crippen LogP contribution >= 0.6 is 24.0 Å². The van der Waals surface area contributed by atoms with Gasteiger partial charge in [0.15, 0.2) is 5.96 Å². The van der Waals surface area contributed by atoms with E-state index in [1.54, 1.807) is 0 Å². The van der Waals surface area contributed by atoms with Crippen molar-refractivity contribution in [3.63, 3.8) is 0 Å². The maximum Gasteiger partial charge on any atom is 0.223 e. The minimum atomic E-state index is 0. The van der Waals surface area contributed by atoms with Crippen molar-refractivity contribution in [2.75, 3.05) is 32.7 Å². The van der Waals surface area contributed by atoms with Gasteiger partial charge in [0.05, 0.1) is 11.0 Å². The molecule has 7 nitrogen and oxygen atoms in total. The van der Waals surface area contributed by atoms with Crippen molar-refractivity contribution in [3.05, 3.63) is 66.0 Å². The first kappa shape index (κ1) is 25.0. The number of aromatic nitrogens is 2. The number of benzene rings is 2. The van der Waals surface area contributed by atoms with Crippen molar-refractivity contribution in [2.24, 2.45) is 10.9 Å². The molecule has 0 saturated carbocycles. The number of likely N-dealkylation sites (tertiary alicyclic amines) is 1. The lowest BCUT2D eigenvalue weighted by molar-refractivity contribution is -0.127. The van der Waals surface area contributed by atoms with Crippen LogP contribution in [0.3, 0.4) is 0 Å². The van der Waals surface area contributed by atoms with Crippen LogP contribution in [0, 0.1) is 5.92 Å².